The Balaban J connectivity index is 1.94. The van der Waals surface area contributed by atoms with Gasteiger partial charge in [0.25, 0.3) is 0 Å². The van der Waals surface area contributed by atoms with Crippen molar-refractivity contribution in [1.29, 1.82) is 0 Å². The average molecular weight is 248 g/mol. The van der Waals surface area contributed by atoms with Gasteiger partial charge < -0.3 is 5.32 Å². The van der Waals surface area contributed by atoms with Gasteiger partial charge in [0.15, 0.2) is 0 Å². The molecule has 19 heavy (non-hydrogen) atoms. The second-order valence-electron chi connectivity index (χ2n) is 4.65. The zero-order chi connectivity index (χ0) is 13.1. The van der Waals surface area contributed by atoms with Crippen molar-refractivity contribution in [2.45, 2.75) is 13.0 Å². The largest absolute Gasteiger partial charge is 0.378 e. The van der Waals surface area contributed by atoms with E-state index in [1.165, 1.54) is 5.56 Å². The summed E-state index contributed by atoms with van der Waals surface area (Å²) in [4.78, 5) is 4.38. The first-order valence-electron chi connectivity index (χ1n) is 6.50. The van der Waals surface area contributed by atoms with Crippen LogP contribution in [0.5, 0.6) is 0 Å². The Labute approximate surface area is 113 Å². The number of para-hydroxylation sites is 1. The third-order valence-electron chi connectivity index (χ3n) is 3.32. The van der Waals surface area contributed by atoms with Crippen molar-refractivity contribution in [3.05, 3.63) is 72.4 Å². The SMILES string of the molecule is C[C@@H](Nc1ccnc2ccccc12)c1ccccc1. The highest BCUT2D eigenvalue weighted by Gasteiger charge is 2.07. The molecule has 2 heteroatoms. The van der Waals surface area contributed by atoms with Crippen molar-refractivity contribution in [3.8, 4) is 0 Å². The van der Waals surface area contributed by atoms with Gasteiger partial charge in [0, 0.05) is 23.3 Å². The molecule has 0 radical (unpaired) electrons. The Bertz CT molecular complexity index is 672. The molecule has 0 spiro atoms. The second kappa shape index (κ2) is 5.11. The monoisotopic (exact) mass is 248 g/mol. The first-order chi connectivity index (χ1) is 9.34. The molecule has 0 bridgehead atoms. The van der Waals surface area contributed by atoms with Gasteiger partial charge >= 0.3 is 0 Å². The summed E-state index contributed by atoms with van der Waals surface area (Å²) < 4.78 is 0. The van der Waals surface area contributed by atoms with Crippen molar-refractivity contribution >= 4 is 16.6 Å². The Kier molecular flexibility index (Phi) is 3.15. The molecule has 0 aliphatic heterocycles. The summed E-state index contributed by atoms with van der Waals surface area (Å²) in [7, 11) is 0. The second-order valence-corrected chi connectivity index (χ2v) is 4.65. The van der Waals surface area contributed by atoms with Crippen LogP contribution in [0.1, 0.15) is 18.5 Å². The number of pyridine rings is 1. The summed E-state index contributed by atoms with van der Waals surface area (Å²) in [6, 6.07) is 20.9. The molecule has 0 aliphatic carbocycles. The summed E-state index contributed by atoms with van der Waals surface area (Å²) in [5.74, 6) is 0. The molecule has 1 heterocycles. The van der Waals surface area contributed by atoms with E-state index in [9.17, 15) is 0 Å². The average Bonchev–Trinajstić information content (AvgIpc) is 2.48. The van der Waals surface area contributed by atoms with Crippen LogP contribution >= 0.6 is 0 Å². The van der Waals surface area contributed by atoms with Crippen molar-refractivity contribution in [2.75, 3.05) is 5.32 Å². The Morgan fingerprint density at radius 3 is 2.47 bits per heavy atom. The van der Waals surface area contributed by atoms with E-state index in [2.05, 4.69) is 47.6 Å². The van der Waals surface area contributed by atoms with Crippen LogP contribution in [0.25, 0.3) is 10.9 Å². The van der Waals surface area contributed by atoms with Crippen LogP contribution in [0.2, 0.25) is 0 Å². The molecule has 0 saturated heterocycles. The van der Waals surface area contributed by atoms with Gasteiger partial charge in [-0.2, -0.15) is 0 Å². The van der Waals surface area contributed by atoms with Crippen LogP contribution in [0.15, 0.2) is 66.9 Å². The molecule has 1 aromatic heterocycles. The van der Waals surface area contributed by atoms with E-state index >= 15 is 0 Å². The summed E-state index contributed by atoms with van der Waals surface area (Å²) in [6.07, 6.45) is 1.85. The minimum Gasteiger partial charge on any atom is -0.378 e. The highest BCUT2D eigenvalue weighted by atomic mass is 14.9. The van der Waals surface area contributed by atoms with Crippen molar-refractivity contribution in [3.63, 3.8) is 0 Å². The Morgan fingerprint density at radius 1 is 0.895 bits per heavy atom. The number of rotatable bonds is 3. The number of anilines is 1. The Morgan fingerprint density at radius 2 is 1.63 bits per heavy atom. The van der Waals surface area contributed by atoms with E-state index in [1.54, 1.807) is 0 Å². The van der Waals surface area contributed by atoms with Crippen LogP contribution in [-0.2, 0) is 0 Å². The minimum atomic E-state index is 0.270. The third-order valence-corrected chi connectivity index (χ3v) is 3.32. The van der Waals surface area contributed by atoms with Gasteiger partial charge in [-0.1, -0.05) is 48.5 Å². The molecule has 0 fully saturated rings. The molecule has 2 aromatic carbocycles. The molecular weight excluding hydrogens is 232 g/mol. The van der Waals surface area contributed by atoms with Crippen LogP contribution in [0, 0.1) is 0 Å². The maximum atomic E-state index is 4.38. The lowest BCUT2D eigenvalue weighted by Crippen LogP contribution is -2.06. The number of aromatic nitrogens is 1. The molecule has 3 rings (SSSR count). The third kappa shape index (κ3) is 2.43. The fourth-order valence-electron chi connectivity index (χ4n) is 2.28. The fourth-order valence-corrected chi connectivity index (χ4v) is 2.28. The summed E-state index contributed by atoms with van der Waals surface area (Å²) in [5, 5.41) is 4.72. The van der Waals surface area contributed by atoms with E-state index < -0.39 is 0 Å². The lowest BCUT2D eigenvalue weighted by atomic mass is 10.1. The number of hydrogen-bond acceptors (Lipinski definition) is 2. The predicted octanol–water partition coefficient (Wildman–Crippen LogP) is 4.41. The van der Waals surface area contributed by atoms with Gasteiger partial charge in [0.05, 0.1) is 5.52 Å². The van der Waals surface area contributed by atoms with Crippen molar-refractivity contribution < 1.29 is 0 Å². The van der Waals surface area contributed by atoms with Crippen LogP contribution in [0.4, 0.5) is 5.69 Å². The highest BCUT2D eigenvalue weighted by molar-refractivity contribution is 5.90. The van der Waals surface area contributed by atoms with Gasteiger partial charge in [0.2, 0.25) is 0 Å². The molecule has 1 atom stereocenters. The number of hydrogen-bond donors (Lipinski definition) is 1. The number of nitrogens with one attached hydrogen (secondary N) is 1. The normalized spacial score (nSPS) is 12.3. The van der Waals surface area contributed by atoms with Crippen molar-refractivity contribution in [1.82, 2.24) is 4.98 Å². The molecule has 0 amide bonds. The lowest BCUT2D eigenvalue weighted by molar-refractivity contribution is 0.886. The smallest absolute Gasteiger partial charge is 0.0722 e. The molecule has 3 aromatic rings. The summed E-state index contributed by atoms with van der Waals surface area (Å²) >= 11 is 0. The standard InChI is InChI=1S/C17H16N2/c1-13(14-7-3-2-4-8-14)19-17-11-12-18-16-10-6-5-9-15(16)17/h2-13H,1H3,(H,18,19)/t13-/m1/s1. The van der Waals surface area contributed by atoms with Crippen molar-refractivity contribution in [2.24, 2.45) is 0 Å². The quantitative estimate of drug-likeness (QED) is 0.742. The molecule has 94 valence electrons. The minimum absolute atomic E-state index is 0.270. The van der Waals surface area contributed by atoms with Gasteiger partial charge in [-0.3, -0.25) is 4.98 Å². The lowest BCUT2D eigenvalue weighted by Gasteiger charge is -2.17. The summed E-state index contributed by atoms with van der Waals surface area (Å²) in [5.41, 5.74) is 3.43. The van der Waals surface area contributed by atoms with E-state index in [1.807, 2.05) is 36.5 Å². The molecular formula is C17H16N2. The Hall–Kier alpha value is -2.35. The number of benzene rings is 2. The molecule has 0 saturated carbocycles. The first-order valence-corrected chi connectivity index (χ1v) is 6.50. The van der Waals surface area contributed by atoms with E-state index in [-0.39, 0.29) is 6.04 Å². The van der Waals surface area contributed by atoms with Gasteiger partial charge in [-0.05, 0) is 24.6 Å². The molecule has 2 nitrogen and oxygen atoms in total. The topological polar surface area (TPSA) is 24.9 Å². The predicted molar refractivity (Wildman–Crippen MR) is 80.2 cm³/mol. The molecule has 1 N–H and O–H groups in total. The van der Waals surface area contributed by atoms with Crippen LogP contribution in [-0.4, -0.2) is 4.98 Å². The van der Waals surface area contributed by atoms with Gasteiger partial charge in [-0.15, -0.1) is 0 Å². The zero-order valence-electron chi connectivity index (χ0n) is 10.9. The molecule has 0 aliphatic rings. The number of fused-ring (bicyclic) bond motifs is 1. The fraction of sp³-hybridized carbons (Fsp3) is 0.118. The van der Waals surface area contributed by atoms with E-state index in [0.717, 1.165) is 16.6 Å². The van der Waals surface area contributed by atoms with E-state index in [4.69, 9.17) is 0 Å². The van der Waals surface area contributed by atoms with Crippen LogP contribution < -0.4 is 5.32 Å². The maximum Gasteiger partial charge on any atom is 0.0722 e. The highest BCUT2D eigenvalue weighted by Crippen LogP contribution is 2.25. The first kappa shape index (κ1) is 11.7. The van der Waals surface area contributed by atoms with Crippen LogP contribution in [0.3, 0.4) is 0 Å². The molecule has 0 unspecified atom stereocenters. The maximum absolute atomic E-state index is 4.38. The summed E-state index contributed by atoms with van der Waals surface area (Å²) in [6.45, 7) is 2.17. The van der Waals surface area contributed by atoms with Gasteiger partial charge in [-0.25, -0.2) is 0 Å². The number of nitrogens with zero attached hydrogens (tertiary/aromatic N) is 1. The zero-order valence-corrected chi connectivity index (χ0v) is 10.9. The van der Waals surface area contributed by atoms with E-state index in [0.29, 0.717) is 0 Å². The van der Waals surface area contributed by atoms with Gasteiger partial charge in [0.1, 0.15) is 0 Å².